The SMILES string of the molecule is CC(/C=C/c1ccccc1)=N/NC(=O)C(=O)Nc1ccc(C(F)(F)F)cc1. The molecular weight excluding hydrogens is 359 g/mol. The van der Waals surface area contributed by atoms with Crippen molar-refractivity contribution in [2.75, 3.05) is 5.32 Å². The number of benzene rings is 2. The number of hydrogen-bond donors (Lipinski definition) is 2. The average molecular weight is 375 g/mol. The van der Waals surface area contributed by atoms with Crippen molar-refractivity contribution in [2.24, 2.45) is 5.10 Å². The summed E-state index contributed by atoms with van der Waals surface area (Å²) in [5.41, 5.74) is 2.69. The minimum atomic E-state index is -4.47. The molecule has 0 radical (unpaired) electrons. The van der Waals surface area contributed by atoms with Gasteiger partial charge >= 0.3 is 18.0 Å². The van der Waals surface area contributed by atoms with Crippen LogP contribution in [0.25, 0.3) is 6.08 Å². The highest BCUT2D eigenvalue weighted by molar-refractivity contribution is 6.39. The molecule has 0 aromatic heterocycles. The second-order valence-electron chi connectivity index (χ2n) is 5.47. The van der Waals surface area contributed by atoms with Crippen molar-refractivity contribution in [3.63, 3.8) is 0 Å². The number of hydrazone groups is 1. The standard InChI is InChI=1S/C19H16F3N3O2/c1-13(7-8-14-5-3-2-4-6-14)24-25-18(27)17(26)23-16-11-9-15(10-12-16)19(20,21)22/h2-12H,1H3,(H,23,26)(H,25,27)/b8-7+,24-13-. The predicted octanol–water partition coefficient (Wildman–Crippen LogP) is 3.85. The number of nitrogens with zero attached hydrogens (tertiary/aromatic N) is 1. The van der Waals surface area contributed by atoms with Crippen LogP contribution in [0.15, 0.2) is 65.8 Å². The zero-order valence-corrected chi connectivity index (χ0v) is 14.2. The molecule has 2 aromatic carbocycles. The molecule has 0 spiro atoms. The largest absolute Gasteiger partial charge is 0.416 e. The van der Waals surface area contributed by atoms with E-state index in [1.807, 2.05) is 30.3 Å². The summed E-state index contributed by atoms with van der Waals surface area (Å²) >= 11 is 0. The van der Waals surface area contributed by atoms with Gasteiger partial charge in [0.15, 0.2) is 0 Å². The molecule has 8 heteroatoms. The maximum atomic E-state index is 12.5. The number of amides is 2. The number of carbonyl (C=O) groups excluding carboxylic acids is 2. The first-order valence-corrected chi connectivity index (χ1v) is 7.82. The van der Waals surface area contributed by atoms with Crippen LogP contribution < -0.4 is 10.7 Å². The van der Waals surface area contributed by atoms with Gasteiger partial charge in [0.05, 0.1) is 11.3 Å². The van der Waals surface area contributed by atoms with E-state index in [0.717, 1.165) is 29.8 Å². The van der Waals surface area contributed by atoms with Crippen molar-refractivity contribution in [3.05, 3.63) is 71.8 Å². The third kappa shape index (κ3) is 6.43. The Morgan fingerprint density at radius 1 is 0.963 bits per heavy atom. The molecule has 0 heterocycles. The van der Waals surface area contributed by atoms with E-state index in [1.54, 1.807) is 19.1 Å². The van der Waals surface area contributed by atoms with Gasteiger partial charge < -0.3 is 5.32 Å². The summed E-state index contributed by atoms with van der Waals surface area (Å²) in [6.07, 6.45) is -1.03. The molecule has 5 nitrogen and oxygen atoms in total. The van der Waals surface area contributed by atoms with Gasteiger partial charge in [0, 0.05) is 5.69 Å². The first-order chi connectivity index (χ1) is 12.8. The third-order valence-corrected chi connectivity index (χ3v) is 3.33. The number of hydrogen-bond acceptors (Lipinski definition) is 3. The minimum Gasteiger partial charge on any atom is -0.318 e. The maximum absolute atomic E-state index is 12.5. The number of nitrogens with one attached hydrogen (secondary N) is 2. The first kappa shape index (κ1) is 19.9. The molecule has 0 aliphatic heterocycles. The Kier molecular flexibility index (Phi) is 6.48. The lowest BCUT2D eigenvalue weighted by Crippen LogP contribution is -2.32. The van der Waals surface area contributed by atoms with E-state index in [0.29, 0.717) is 5.71 Å². The molecule has 27 heavy (non-hydrogen) atoms. The fourth-order valence-corrected chi connectivity index (χ4v) is 1.94. The Hall–Kier alpha value is -3.42. The molecule has 2 rings (SSSR count). The molecule has 0 aliphatic rings. The average Bonchev–Trinajstić information content (AvgIpc) is 2.65. The van der Waals surface area contributed by atoms with Crippen molar-refractivity contribution in [2.45, 2.75) is 13.1 Å². The lowest BCUT2D eigenvalue weighted by atomic mass is 10.2. The second-order valence-corrected chi connectivity index (χ2v) is 5.47. The molecule has 2 N–H and O–H groups in total. The number of rotatable bonds is 4. The summed E-state index contributed by atoms with van der Waals surface area (Å²) in [5.74, 6) is -2.08. The molecule has 0 saturated carbocycles. The van der Waals surface area contributed by atoms with E-state index >= 15 is 0 Å². The normalized spacial score (nSPS) is 12.1. The highest BCUT2D eigenvalue weighted by Gasteiger charge is 2.30. The van der Waals surface area contributed by atoms with Crippen LogP contribution in [0.3, 0.4) is 0 Å². The van der Waals surface area contributed by atoms with Gasteiger partial charge in [0.2, 0.25) is 0 Å². The van der Waals surface area contributed by atoms with Crippen molar-refractivity contribution >= 4 is 29.3 Å². The van der Waals surface area contributed by atoms with Crippen molar-refractivity contribution in [1.82, 2.24) is 5.43 Å². The van der Waals surface area contributed by atoms with E-state index in [1.165, 1.54) is 0 Å². The van der Waals surface area contributed by atoms with Gasteiger partial charge in [-0.1, -0.05) is 36.4 Å². The van der Waals surface area contributed by atoms with Crippen LogP contribution in [0.4, 0.5) is 18.9 Å². The van der Waals surface area contributed by atoms with Gasteiger partial charge in [-0.3, -0.25) is 9.59 Å². The van der Waals surface area contributed by atoms with Gasteiger partial charge in [-0.2, -0.15) is 18.3 Å². The van der Waals surface area contributed by atoms with E-state index in [-0.39, 0.29) is 5.69 Å². The summed E-state index contributed by atoms with van der Waals surface area (Å²) in [4.78, 5) is 23.5. The smallest absolute Gasteiger partial charge is 0.318 e. The van der Waals surface area contributed by atoms with Gasteiger partial charge in [-0.05, 0) is 42.8 Å². The lowest BCUT2D eigenvalue weighted by Gasteiger charge is -2.08. The van der Waals surface area contributed by atoms with Crippen LogP contribution in [0.2, 0.25) is 0 Å². The molecule has 0 unspecified atom stereocenters. The molecule has 0 saturated heterocycles. The Bertz CT molecular complexity index is 858. The topological polar surface area (TPSA) is 70.6 Å². The molecule has 0 atom stereocenters. The lowest BCUT2D eigenvalue weighted by molar-refractivity contribution is -0.137. The van der Waals surface area contributed by atoms with Crippen LogP contribution in [0.1, 0.15) is 18.1 Å². The maximum Gasteiger partial charge on any atom is 0.416 e. The number of alkyl halides is 3. The molecule has 2 aromatic rings. The predicted molar refractivity (Wildman–Crippen MR) is 96.8 cm³/mol. The molecule has 2 amide bonds. The molecule has 0 bridgehead atoms. The molecule has 0 aliphatic carbocycles. The van der Waals surface area contributed by atoms with Crippen LogP contribution in [0.5, 0.6) is 0 Å². The Morgan fingerprint density at radius 2 is 1.59 bits per heavy atom. The van der Waals surface area contributed by atoms with Crippen LogP contribution in [0, 0.1) is 0 Å². The third-order valence-electron chi connectivity index (χ3n) is 3.33. The quantitative estimate of drug-likeness (QED) is 0.484. The Labute approximate surface area is 153 Å². The van der Waals surface area contributed by atoms with Gasteiger partial charge in [-0.25, -0.2) is 5.43 Å². The number of carbonyl (C=O) groups is 2. The van der Waals surface area contributed by atoms with Gasteiger partial charge in [-0.15, -0.1) is 0 Å². The first-order valence-electron chi connectivity index (χ1n) is 7.82. The highest BCUT2D eigenvalue weighted by atomic mass is 19.4. The molecule has 140 valence electrons. The highest BCUT2D eigenvalue weighted by Crippen LogP contribution is 2.29. The molecular formula is C19H16F3N3O2. The van der Waals surface area contributed by atoms with Gasteiger partial charge in [0.1, 0.15) is 0 Å². The summed E-state index contributed by atoms with van der Waals surface area (Å²) in [5, 5.41) is 5.97. The minimum absolute atomic E-state index is 0.0628. The zero-order chi connectivity index (χ0) is 19.9. The van der Waals surface area contributed by atoms with E-state index in [9.17, 15) is 22.8 Å². The summed E-state index contributed by atoms with van der Waals surface area (Å²) < 4.78 is 37.5. The van der Waals surface area contributed by atoms with E-state index in [4.69, 9.17) is 0 Å². The Morgan fingerprint density at radius 3 is 2.19 bits per heavy atom. The van der Waals surface area contributed by atoms with Crippen LogP contribution >= 0.6 is 0 Å². The zero-order valence-electron chi connectivity index (χ0n) is 14.2. The van der Waals surface area contributed by atoms with Gasteiger partial charge in [0.25, 0.3) is 0 Å². The van der Waals surface area contributed by atoms with Crippen molar-refractivity contribution < 1.29 is 22.8 Å². The van der Waals surface area contributed by atoms with Crippen LogP contribution in [-0.2, 0) is 15.8 Å². The summed E-state index contributed by atoms with van der Waals surface area (Å²) in [7, 11) is 0. The van der Waals surface area contributed by atoms with Crippen molar-refractivity contribution in [3.8, 4) is 0 Å². The van der Waals surface area contributed by atoms with Crippen LogP contribution in [-0.4, -0.2) is 17.5 Å². The number of halogens is 3. The number of anilines is 1. The van der Waals surface area contributed by atoms with E-state index in [2.05, 4.69) is 15.8 Å². The monoisotopic (exact) mass is 375 g/mol. The van der Waals surface area contributed by atoms with Crippen molar-refractivity contribution in [1.29, 1.82) is 0 Å². The number of allylic oxidation sites excluding steroid dienone is 1. The Balaban J connectivity index is 1.89. The summed E-state index contributed by atoms with van der Waals surface area (Å²) in [6, 6.07) is 13.1. The molecule has 0 fully saturated rings. The summed E-state index contributed by atoms with van der Waals surface area (Å²) in [6.45, 7) is 1.63. The second kappa shape index (κ2) is 8.79. The fraction of sp³-hybridized carbons (Fsp3) is 0.105. The fourth-order valence-electron chi connectivity index (χ4n) is 1.94. The van der Waals surface area contributed by atoms with E-state index < -0.39 is 23.6 Å².